The molecule has 14 nitrogen and oxygen atoms in total. The summed E-state index contributed by atoms with van der Waals surface area (Å²) in [7, 11) is -10.1. The molecule has 0 spiro atoms. The zero-order valence-electron chi connectivity index (χ0n) is 20.6. The number of aromatic hydroxyl groups is 2. The fourth-order valence-electron chi connectivity index (χ4n) is 4.11. The summed E-state index contributed by atoms with van der Waals surface area (Å²) in [6, 6.07) is 5.29. The fourth-order valence-corrected chi connectivity index (χ4v) is 5.65. The van der Waals surface area contributed by atoms with Crippen LogP contribution in [0.5, 0.6) is 11.5 Å². The van der Waals surface area contributed by atoms with Crippen molar-refractivity contribution >= 4 is 15.2 Å². The van der Waals surface area contributed by atoms with Crippen molar-refractivity contribution in [3.05, 3.63) is 58.7 Å². The van der Waals surface area contributed by atoms with Gasteiger partial charge in [-0.3, -0.25) is 9.80 Å². The van der Waals surface area contributed by atoms with Crippen LogP contribution >= 0.6 is 15.2 Å². The molecule has 0 amide bonds. The second kappa shape index (κ2) is 16.9. The van der Waals surface area contributed by atoms with Crippen LogP contribution in [0.4, 0.5) is 0 Å². The number of benzene rings is 2. The van der Waals surface area contributed by atoms with E-state index in [1.807, 2.05) is 0 Å². The van der Waals surface area contributed by atoms with Crippen molar-refractivity contribution in [2.45, 2.75) is 45.8 Å². The molecule has 0 aliphatic rings. The fraction of sp³-hybridized carbons (Fsp3) is 0.478. The molecule has 2 aromatic carbocycles. The van der Waals surface area contributed by atoms with Crippen molar-refractivity contribution in [1.29, 1.82) is 0 Å². The minimum Gasteiger partial charge on any atom is -0.778 e. The zero-order valence-corrected chi connectivity index (χ0v) is 23.5. The molecule has 2 rings (SSSR count). The van der Waals surface area contributed by atoms with Gasteiger partial charge in [0, 0.05) is 24.2 Å². The van der Waals surface area contributed by atoms with E-state index < -0.39 is 72.8 Å². The number of aliphatic hydroxyl groups is 4. The van der Waals surface area contributed by atoms with E-state index in [4.69, 9.17) is 0 Å². The molecule has 228 valence electrons. The van der Waals surface area contributed by atoms with Gasteiger partial charge in [0.25, 0.3) is 0 Å². The minimum atomic E-state index is -5.06. The third-order valence-corrected chi connectivity index (χ3v) is 7.32. The topological polar surface area (TPSA) is 249 Å². The summed E-state index contributed by atoms with van der Waals surface area (Å²) in [5.41, 5.74) is 0.941. The van der Waals surface area contributed by atoms with Gasteiger partial charge in [0.05, 0.1) is 51.1 Å². The molecule has 8 N–H and O–H groups in total. The first-order chi connectivity index (χ1) is 17.7. The Kier molecular flexibility index (Phi) is 16.3. The van der Waals surface area contributed by atoms with E-state index in [0.29, 0.717) is 11.1 Å². The largest absolute Gasteiger partial charge is 2.00 e. The van der Waals surface area contributed by atoms with Crippen LogP contribution in [0.15, 0.2) is 36.4 Å². The molecular formula is C23H36FeN2O12P2. The molecule has 0 fully saturated rings. The van der Waals surface area contributed by atoms with Gasteiger partial charge in [0.2, 0.25) is 0 Å². The second-order valence-electron chi connectivity index (χ2n) is 8.79. The van der Waals surface area contributed by atoms with E-state index in [1.54, 1.807) is 0 Å². The molecule has 3 unspecified atom stereocenters. The van der Waals surface area contributed by atoms with Gasteiger partial charge in [0.1, 0.15) is 26.7 Å². The van der Waals surface area contributed by atoms with Gasteiger partial charge < -0.3 is 59.3 Å². The number of aliphatic hydroxyl groups excluding tert-OH is 4. The number of phenolic OH excluding ortho intramolecular Hbond substituents is 2. The molecule has 2 aromatic rings. The number of rotatable bonds is 15. The number of phenols is 2. The first-order valence-corrected chi connectivity index (χ1v) is 14.8. The van der Waals surface area contributed by atoms with Crippen LogP contribution in [0, 0.1) is 0 Å². The normalized spacial score (nSPS) is 15.9. The standard InChI is InChI=1S/C22H34N2O12P2.CH4.Fe/c25-9-15-2-4-21(29)18(5-15)8-24(14-38(34,35)36)20(12-28)19(11-27)23(13-37(31,32)33)7-17-3-1-16(10-26)6-22(17)30;;/h1-6,19-20,25-30H,7-14H2,(H2,31,32,33)(H2,34,35,36);1H4;/q;;+2/p-2/t19-,20?;;/m1../s1. The molecule has 4 atom stereocenters. The summed E-state index contributed by atoms with van der Waals surface area (Å²) in [4.78, 5) is 44.9. The predicted molar refractivity (Wildman–Crippen MR) is 137 cm³/mol. The molecule has 0 aliphatic carbocycles. The number of hydrogen-bond donors (Lipinski definition) is 8. The van der Waals surface area contributed by atoms with Crippen molar-refractivity contribution in [3.8, 4) is 11.5 Å². The van der Waals surface area contributed by atoms with Crippen LogP contribution in [-0.2, 0) is 52.5 Å². The Labute approximate surface area is 242 Å². The van der Waals surface area contributed by atoms with Crippen molar-refractivity contribution in [2.75, 3.05) is 25.8 Å². The van der Waals surface area contributed by atoms with E-state index >= 15 is 0 Å². The first-order valence-electron chi connectivity index (χ1n) is 11.3. The first kappa shape index (κ1) is 38.6. The van der Waals surface area contributed by atoms with Crippen LogP contribution in [0.1, 0.15) is 29.7 Å². The maximum Gasteiger partial charge on any atom is 2.00 e. The monoisotopic (exact) mass is 650 g/mol. The molecule has 0 bridgehead atoms. The summed E-state index contributed by atoms with van der Waals surface area (Å²) in [6.45, 7) is -3.35. The van der Waals surface area contributed by atoms with Gasteiger partial charge in [-0.25, -0.2) is 0 Å². The average molecular weight is 650 g/mol. The van der Waals surface area contributed by atoms with Gasteiger partial charge in [-0.2, -0.15) is 0 Å². The molecular weight excluding hydrogens is 614 g/mol. The summed E-state index contributed by atoms with van der Waals surface area (Å²) in [5, 5.41) is 59.7. The van der Waals surface area contributed by atoms with Crippen molar-refractivity contribution in [2.24, 2.45) is 0 Å². The van der Waals surface area contributed by atoms with E-state index in [0.717, 1.165) is 9.80 Å². The number of nitrogens with zero attached hydrogens (tertiary/aromatic N) is 2. The number of hydrogen-bond acceptors (Lipinski definition) is 12. The maximum absolute atomic E-state index is 11.9. The predicted octanol–water partition coefficient (Wildman–Crippen LogP) is -1.25. The van der Waals surface area contributed by atoms with Crippen molar-refractivity contribution < 1.29 is 76.4 Å². The zero-order chi connectivity index (χ0) is 28.7. The third kappa shape index (κ3) is 11.8. The Morgan fingerprint density at radius 2 is 1.12 bits per heavy atom. The van der Waals surface area contributed by atoms with E-state index in [-0.39, 0.29) is 53.7 Å². The van der Waals surface area contributed by atoms with Gasteiger partial charge in [-0.1, -0.05) is 25.6 Å². The summed E-state index contributed by atoms with van der Waals surface area (Å²) in [5.74, 6) is -0.632. The minimum absolute atomic E-state index is 0. The van der Waals surface area contributed by atoms with Crippen LogP contribution in [0.3, 0.4) is 0 Å². The molecule has 0 saturated heterocycles. The maximum atomic E-state index is 11.9. The molecule has 0 heterocycles. The Morgan fingerprint density at radius 3 is 1.52 bits per heavy atom. The molecule has 0 radical (unpaired) electrons. The van der Waals surface area contributed by atoms with Gasteiger partial charge in [-0.15, -0.1) is 0 Å². The van der Waals surface area contributed by atoms with E-state index in [9.17, 15) is 59.3 Å². The van der Waals surface area contributed by atoms with E-state index in [1.165, 1.54) is 36.4 Å². The Morgan fingerprint density at radius 1 is 0.700 bits per heavy atom. The van der Waals surface area contributed by atoms with Crippen LogP contribution in [0.2, 0.25) is 0 Å². The van der Waals surface area contributed by atoms with Gasteiger partial charge >= 0.3 is 17.1 Å². The van der Waals surface area contributed by atoms with Gasteiger partial charge in [0.15, 0.2) is 0 Å². The van der Waals surface area contributed by atoms with Crippen molar-refractivity contribution in [1.82, 2.24) is 9.80 Å². The third-order valence-electron chi connectivity index (χ3n) is 5.88. The quantitative estimate of drug-likeness (QED) is 0.0829. The molecule has 0 aromatic heterocycles. The summed E-state index contributed by atoms with van der Waals surface area (Å²) in [6.07, 6.45) is -2.14. The smallest absolute Gasteiger partial charge is 0.778 e. The summed E-state index contributed by atoms with van der Waals surface area (Å²) < 4.78 is 23.7. The average Bonchev–Trinajstić information content (AvgIpc) is 2.82. The Hall–Kier alpha value is -1.38. The molecule has 0 saturated carbocycles. The van der Waals surface area contributed by atoms with Crippen LogP contribution < -0.4 is 9.79 Å². The van der Waals surface area contributed by atoms with Crippen LogP contribution in [0.25, 0.3) is 0 Å². The van der Waals surface area contributed by atoms with Crippen LogP contribution in [-0.4, -0.2) is 88.1 Å². The Balaban J connectivity index is 0.00000760. The molecule has 40 heavy (non-hydrogen) atoms. The van der Waals surface area contributed by atoms with Crippen molar-refractivity contribution in [3.63, 3.8) is 0 Å². The Bertz CT molecular complexity index is 1160. The van der Waals surface area contributed by atoms with E-state index in [2.05, 4.69) is 0 Å². The summed E-state index contributed by atoms with van der Waals surface area (Å²) >= 11 is 0. The second-order valence-corrected chi connectivity index (χ2v) is 11.9. The SMILES string of the molecule is C.O=P([O-])(O)CN(Cc1cc(CO)ccc1O)C(CO)[C@@H](CO)N(Cc1ccc(CO)cc1O)CP(=O)([O-])O.[Fe+2]. The van der Waals surface area contributed by atoms with Gasteiger partial charge in [-0.05, 0) is 29.3 Å². The molecule has 0 aliphatic heterocycles. The molecule has 17 heteroatoms.